The molecule has 174 valence electrons. The zero-order chi connectivity index (χ0) is 22.3. The van der Waals surface area contributed by atoms with Gasteiger partial charge in [0.2, 0.25) is 0 Å². The Balaban J connectivity index is 1.48. The summed E-state index contributed by atoms with van der Waals surface area (Å²) >= 11 is 1.74. The number of nitrogens with zero attached hydrogens (tertiary/aromatic N) is 3. The number of hydrogen-bond acceptors (Lipinski definition) is 7. The molecule has 0 amide bonds. The Morgan fingerprint density at radius 3 is 2.58 bits per heavy atom. The van der Waals surface area contributed by atoms with Gasteiger partial charge in [0.05, 0.1) is 24.5 Å². The molecule has 2 atom stereocenters. The van der Waals surface area contributed by atoms with Gasteiger partial charge < -0.3 is 19.5 Å². The molecule has 0 aliphatic carbocycles. The number of rotatable bonds is 10. The average Bonchev–Trinajstić information content (AvgIpc) is 3.10. The number of hydrogen-bond donors (Lipinski definition) is 1. The summed E-state index contributed by atoms with van der Waals surface area (Å²) in [5.41, 5.74) is 1.16. The molecule has 7 heteroatoms. The molecule has 1 unspecified atom stereocenters. The molecule has 0 aromatic heterocycles. The minimum Gasteiger partial charge on any atom is -0.390 e. The standard InChI is InChI=1S/C24H39N3O3S/c1-5-6-11-27(22-9-7-8-10-23(22)31-4)17-20(28)16-25-12-14-26(15-13-25)18-21-19-29-24(2,3)30-21/h6-11,20-21,28H,5,12-19H2,1-4H3/b11-6+/t20?,21-/m0/s1. The second-order valence-electron chi connectivity index (χ2n) is 8.82. The molecule has 2 saturated heterocycles. The second kappa shape index (κ2) is 11.7. The molecule has 6 nitrogen and oxygen atoms in total. The number of aliphatic hydroxyl groups excluding tert-OH is 1. The quantitative estimate of drug-likeness (QED) is 0.550. The lowest BCUT2D eigenvalue weighted by Crippen LogP contribution is -2.51. The number of β-amino-alcohol motifs (C(OH)–C–C–N with tert-alkyl or cyclic N) is 1. The predicted molar refractivity (Wildman–Crippen MR) is 129 cm³/mol. The molecule has 1 aromatic rings. The molecule has 1 N–H and O–H groups in total. The van der Waals surface area contributed by atoms with Crippen molar-refractivity contribution in [1.82, 2.24) is 9.80 Å². The van der Waals surface area contributed by atoms with Crippen molar-refractivity contribution in [3.63, 3.8) is 0 Å². The molecule has 0 spiro atoms. The molecule has 1 aromatic carbocycles. The number of thioether (sulfide) groups is 1. The summed E-state index contributed by atoms with van der Waals surface area (Å²) in [6.45, 7) is 12.9. The van der Waals surface area contributed by atoms with Gasteiger partial charge in [0.1, 0.15) is 0 Å². The van der Waals surface area contributed by atoms with Crippen molar-refractivity contribution in [1.29, 1.82) is 0 Å². The van der Waals surface area contributed by atoms with Crippen LogP contribution < -0.4 is 4.90 Å². The van der Waals surface area contributed by atoms with E-state index in [0.717, 1.165) is 44.8 Å². The molecule has 0 radical (unpaired) electrons. The van der Waals surface area contributed by atoms with Crippen molar-refractivity contribution in [3.8, 4) is 0 Å². The van der Waals surface area contributed by atoms with Crippen LogP contribution in [-0.2, 0) is 9.47 Å². The maximum absolute atomic E-state index is 10.9. The van der Waals surface area contributed by atoms with Gasteiger partial charge in [0.15, 0.2) is 5.79 Å². The van der Waals surface area contributed by atoms with E-state index in [1.165, 1.54) is 4.90 Å². The molecule has 3 rings (SSSR count). The Morgan fingerprint density at radius 1 is 1.23 bits per heavy atom. The van der Waals surface area contributed by atoms with Crippen molar-refractivity contribution in [3.05, 3.63) is 36.5 Å². The van der Waals surface area contributed by atoms with Crippen molar-refractivity contribution >= 4 is 17.4 Å². The summed E-state index contributed by atoms with van der Waals surface area (Å²) < 4.78 is 11.6. The third kappa shape index (κ3) is 7.48. The van der Waals surface area contributed by atoms with Crippen LogP contribution in [0.1, 0.15) is 27.2 Å². The van der Waals surface area contributed by atoms with Crippen LogP contribution in [0.2, 0.25) is 0 Å². The van der Waals surface area contributed by atoms with Crippen molar-refractivity contribution in [2.24, 2.45) is 0 Å². The fraction of sp³-hybridized carbons (Fsp3) is 0.667. The number of ether oxygens (including phenoxy) is 2. The topological polar surface area (TPSA) is 48.4 Å². The maximum Gasteiger partial charge on any atom is 0.163 e. The lowest BCUT2D eigenvalue weighted by Gasteiger charge is -2.37. The highest BCUT2D eigenvalue weighted by atomic mass is 32.2. The van der Waals surface area contributed by atoms with Crippen molar-refractivity contribution in [2.75, 3.05) is 63.6 Å². The first-order valence-electron chi connectivity index (χ1n) is 11.4. The number of para-hydroxylation sites is 1. The summed E-state index contributed by atoms with van der Waals surface area (Å²) in [4.78, 5) is 8.24. The first-order valence-corrected chi connectivity index (χ1v) is 12.6. The van der Waals surface area contributed by atoms with Gasteiger partial charge in [-0.15, -0.1) is 11.8 Å². The number of anilines is 1. The van der Waals surface area contributed by atoms with E-state index in [1.807, 2.05) is 13.8 Å². The SMILES string of the molecule is CC/C=C/N(CC(O)CN1CCN(C[C@H]2COC(C)(C)O2)CC1)c1ccccc1SC. The van der Waals surface area contributed by atoms with E-state index in [-0.39, 0.29) is 6.10 Å². The molecule has 2 fully saturated rings. The van der Waals surface area contributed by atoms with Gasteiger partial charge in [-0.05, 0) is 38.7 Å². The highest BCUT2D eigenvalue weighted by Gasteiger charge is 2.34. The molecular formula is C24H39N3O3S. The number of piperazine rings is 1. The lowest BCUT2D eigenvalue weighted by molar-refractivity contribution is -0.140. The fourth-order valence-corrected chi connectivity index (χ4v) is 4.83. The monoisotopic (exact) mass is 449 g/mol. The summed E-state index contributed by atoms with van der Waals surface area (Å²) in [5, 5.41) is 10.9. The fourth-order valence-electron chi connectivity index (χ4n) is 4.22. The third-order valence-electron chi connectivity index (χ3n) is 5.79. The normalized spacial score (nSPS) is 23.5. The van der Waals surface area contributed by atoms with Crippen LogP contribution in [0.3, 0.4) is 0 Å². The molecular weight excluding hydrogens is 410 g/mol. The summed E-state index contributed by atoms with van der Waals surface area (Å²) in [6.07, 6.45) is 7.08. The Hall–Kier alpha value is -1.09. The zero-order valence-corrected chi connectivity index (χ0v) is 20.3. The lowest BCUT2D eigenvalue weighted by atomic mass is 10.2. The minimum absolute atomic E-state index is 0.155. The summed E-state index contributed by atoms with van der Waals surface area (Å²) in [7, 11) is 0. The first kappa shape index (κ1) is 24.6. The van der Waals surface area contributed by atoms with Gasteiger partial charge in [-0.25, -0.2) is 0 Å². The number of aliphatic hydroxyl groups is 1. The van der Waals surface area contributed by atoms with Crippen LogP contribution in [-0.4, -0.2) is 91.6 Å². The van der Waals surface area contributed by atoms with Crippen LogP contribution in [0.25, 0.3) is 0 Å². The van der Waals surface area contributed by atoms with Gasteiger partial charge >= 0.3 is 0 Å². The van der Waals surface area contributed by atoms with Crippen LogP contribution in [0.15, 0.2) is 41.4 Å². The van der Waals surface area contributed by atoms with Gasteiger partial charge in [-0.3, -0.25) is 9.80 Å². The highest BCUT2D eigenvalue weighted by Crippen LogP contribution is 2.29. The molecule has 31 heavy (non-hydrogen) atoms. The van der Waals surface area contributed by atoms with Crippen LogP contribution in [0.5, 0.6) is 0 Å². The summed E-state index contributed by atoms with van der Waals surface area (Å²) in [6, 6.07) is 8.40. The Morgan fingerprint density at radius 2 is 1.94 bits per heavy atom. The highest BCUT2D eigenvalue weighted by molar-refractivity contribution is 7.98. The van der Waals surface area contributed by atoms with Gasteiger partial charge in [0.25, 0.3) is 0 Å². The Bertz CT molecular complexity index is 707. The zero-order valence-electron chi connectivity index (χ0n) is 19.5. The van der Waals surface area contributed by atoms with Crippen molar-refractivity contribution < 1.29 is 14.6 Å². The Labute approximate surface area is 192 Å². The van der Waals surface area contributed by atoms with E-state index in [9.17, 15) is 5.11 Å². The number of benzene rings is 1. The average molecular weight is 450 g/mol. The molecule has 2 aliphatic heterocycles. The van der Waals surface area contributed by atoms with Crippen LogP contribution in [0, 0.1) is 0 Å². The number of allylic oxidation sites excluding steroid dienone is 1. The molecule has 0 bridgehead atoms. The maximum atomic E-state index is 10.9. The smallest absolute Gasteiger partial charge is 0.163 e. The van der Waals surface area contributed by atoms with E-state index in [4.69, 9.17) is 9.47 Å². The van der Waals surface area contributed by atoms with E-state index >= 15 is 0 Å². The second-order valence-corrected chi connectivity index (χ2v) is 9.67. The summed E-state index contributed by atoms with van der Waals surface area (Å²) in [5.74, 6) is -0.455. The van der Waals surface area contributed by atoms with E-state index in [2.05, 4.69) is 64.4 Å². The molecule has 0 saturated carbocycles. The van der Waals surface area contributed by atoms with Gasteiger partial charge in [-0.1, -0.05) is 25.1 Å². The van der Waals surface area contributed by atoms with E-state index in [1.54, 1.807) is 11.8 Å². The first-order chi connectivity index (χ1) is 14.9. The van der Waals surface area contributed by atoms with E-state index in [0.29, 0.717) is 19.7 Å². The molecule has 2 heterocycles. The van der Waals surface area contributed by atoms with Crippen LogP contribution in [0.4, 0.5) is 5.69 Å². The van der Waals surface area contributed by atoms with Gasteiger partial charge in [-0.2, -0.15) is 0 Å². The van der Waals surface area contributed by atoms with Gasteiger partial charge in [0, 0.05) is 56.9 Å². The van der Waals surface area contributed by atoms with Crippen LogP contribution >= 0.6 is 11.8 Å². The third-order valence-corrected chi connectivity index (χ3v) is 6.57. The Kier molecular flexibility index (Phi) is 9.25. The minimum atomic E-state index is -0.455. The molecule has 2 aliphatic rings. The largest absolute Gasteiger partial charge is 0.390 e. The van der Waals surface area contributed by atoms with Crippen molar-refractivity contribution in [2.45, 2.75) is 50.1 Å². The van der Waals surface area contributed by atoms with E-state index < -0.39 is 11.9 Å². The predicted octanol–water partition coefficient (Wildman–Crippen LogP) is 3.27.